The van der Waals surface area contributed by atoms with Gasteiger partial charge in [-0.05, 0) is 13.5 Å². The van der Waals surface area contributed by atoms with Gasteiger partial charge in [-0.1, -0.05) is 0 Å². The van der Waals surface area contributed by atoms with Gasteiger partial charge in [-0.15, -0.1) is 0 Å². The summed E-state index contributed by atoms with van der Waals surface area (Å²) in [5, 5.41) is 0. The molecule has 1 spiro atoms. The normalized spacial score (nSPS) is 35.1. The van der Waals surface area contributed by atoms with E-state index >= 15 is 0 Å². The van der Waals surface area contributed by atoms with E-state index in [1.807, 2.05) is 11.9 Å². The van der Waals surface area contributed by atoms with Crippen molar-refractivity contribution in [3.63, 3.8) is 0 Å². The topological polar surface area (TPSA) is 3.24 Å². The number of halogens is 2. The fourth-order valence-corrected chi connectivity index (χ4v) is 2.01. The molecule has 1 saturated carbocycles. The Labute approximate surface area is 59.0 Å². The van der Waals surface area contributed by atoms with Crippen LogP contribution in [0.15, 0.2) is 0 Å². The van der Waals surface area contributed by atoms with Crippen LogP contribution < -0.4 is 0 Å². The molecule has 0 N–H and O–H groups in total. The molecule has 1 heterocycles. The number of rotatable bonds is 0. The number of likely N-dealkylation sites (tertiary alicyclic amines) is 1. The monoisotopic (exact) mass is 147 g/mol. The van der Waals surface area contributed by atoms with Gasteiger partial charge < -0.3 is 4.90 Å². The molecule has 1 aliphatic carbocycles. The molecule has 2 fully saturated rings. The van der Waals surface area contributed by atoms with Gasteiger partial charge in [-0.2, -0.15) is 0 Å². The van der Waals surface area contributed by atoms with E-state index in [4.69, 9.17) is 0 Å². The van der Waals surface area contributed by atoms with Crippen molar-refractivity contribution in [1.29, 1.82) is 0 Å². The lowest BCUT2D eigenvalue weighted by molar-refractivity contribution is -0.207. The van der Waals surface area contributed by atoms with Gasteiger partial charge in [0.05, 0.1) is 0 Å². The van der Waals surface area contributed by atoms with Crippen molar-refractivity contribution >= 4 is 0 Å². The fraction of sp³-hybridized carbons (Fsp3) is 1.00. The van der Waals surface area contributed by atoms with Crippen molar-refractivity contribution in [1.82, 2.24) is 4.90 Å². The van der Waals surface area contributed by atoms with Gasteiger partial charge in [-0.25, -0.2) is 8.78 Å². The molecule has 2 aliphatic rings. The number of alkyl halides is 2. The smallest absolute Gasteiger partial charge is 0.251 e. The highest BCUT2D eigenvalue weighted by Crippen LogP contribution is 2.54. The summed E-state index contributed by atoms with van der Waals surface area (Å²) >= 11 is 0. The second kappa shape index (κ2) is 1.52. The molecule has 1 aliphatic heterocycles. The highest BCUT2D eigenvalue weighted by molar-refractivity contribution is 5.11. The summed E-state index contributed by atoms with van der Waals surface area (Å²) in [6.45, 7) is 0.996. The van der Waals surface area contributed by atoms with Gasteiger partial charge >= 0.3 is 0 Å². The van der Waals surface area contributed by atoms with Gasteiger partial charge in [0.15, 0.2) is 0 Å². The van der Waals surface area contributed by atoms with Crippen molar-refractivity contribution < 1.29 is 8.78 Å². The largest absolute Gasteiger partial charge is 0.300 e. The molecule has 1 nitrogen and oxygen atoms in total. The third kappa shape index (κ3) is 0.641. The molecule has 0 aromatic rings. The Kier molecular flexibility index (Phi) is 0.994. The molecule has 58 valence electrons. The Balaban J connectivity index is 2.00. The Bertz CT molecular complexity index is 159. The quantitative estimate of drug-likeness (QED) is 0.501. The summed E-state index contributed by atoms with van der Waals surface area (Å²) in [5.41, 5.74) is -0.0799. The molecule has 0 radical (unpaired) electrons. The molecule has 0 aromatic carbocycles. The third-order valence-electron chi connectivity index (χ3n) is 2.90. The summed E-state index contributed by atoms with van der Waals surface area (Å²) < 4.78 is 24.8. The van der Waals surface area contributed by atoms with E-state index in [2.05, 4.69) is 0 Å². The maximum Gasteiger partial charge on any atom is 0.251 e. The first kappa shape index (κ1) is 6.53. The standard InChI is InChI=1S/C7H11F2N/c1-10-3-2-6(10)4-7(8,9)5-6/h2-5H2,1H3. The van der Waals surface area contributed by atoms with Crippen LogP contribution in [0.4, 0.5) is 8.78 Å². The van der Waals surface area contributed by atoms with Gasteiger partial charge in [0.1, 0.15) is 0 Å². The van der Waals surface area contributed by atoms with Crippen LogP contribution in [0, 0.1) is 0 Å². The highest BCUT2D eigenvalue weighted by Gasteiger charge is 2.61. The molecule has 10 heavy (non-hydrogen) atoms. The second-order valence-corrected chi connectivity index (χ2v) is 3.61. The van der Waals surface area contributed by atoms with Crippen LogP contribution in [-0.4, -0.2) is 30.0 Å². The summed E-state index contributed by atoms with van der Waals surface area (Å²) in [5.74, 6) is -2.35. The number of hydrogen-bond acceptors (Lipinski definition) is 1. The summed E-state index contributed by atoms with van der Waals surface area (Å²) in [7, 11) is 1.93. The Morgan fingerprint density at radius 1 is 1.30 bits per heavy atom. The molecular formula is C7H11F2N. The lowest BCUT2D eigenvalue weighted by Crippen LogP contribution is -2.68. The number of nitrogens with zero attached hydrogens (tertiary/aromatic N) is 1. The van der Waals surface area contributed by atoms with Crippen LogP contribution >= 0.6 is 0 Å². The van der Waals surface area contributed by atoms with Gasteiger partial charge in [0.2, 0.25) is 0 Å². The minimum Gasteiger partial charge on any atom is -0.300 e. The van der Waals surface area contributed by atoms with Crippen molar-refractivity contribution in [3.05, 3.63) is 0 Å². The maximum atomic E-state index is 12.4. The van der Waals surface area contributed by atoms with Crippen molar-refractivity contribution in [2.45, 2.75) is 30.7 Å². The van der Waals surface area contributed by atoms with E-state index < -0.39 is 5.92 Å². The minimum atomic E-state index is -2.35. The van der Waals surface area contributed by atoms with Crippen LogP contribution in [0.2, 0.25) is 0 Å². The van der Waals surface area contributed by atoms with E-state index in [0.29, 0.717) is 0 Å². The van der Waals surface area contributed by atoms with Crippen LogP contribution in [0.3, 0.4) is 0 Å². The molecule has 0 atom stereocenters. The third-order valence-corrected chi connectivity index (χ3v) is 2.90. The lowest BCUT2D eigenvalue weighted by atomic mass is 9.66. The summed E-state index contributed by atoms with van der Waals surface area (Å²) in [6.07, 6.45) is 1.16. The van der Waals surface area contributed by atoms with Gasteiger partial charge in [0, 0.05) is 24.9 Å². The zero-order valence-corrected chi connectivity index (χ0v) is 6.03. The minimum absolute atomic E-state index is 0.0799. The van der Waals surface area contributed by atoms with E-state index in [9.17, 15) is 8.78 Å². The van der Waals surface area contributed by atoms with Gasteiger partial charge in [0.25, 0.3) is 5.92 Å². The molecule has 2 rings (SSSR count). The van der Waals surface area contributed by atoms with E-state index in [0.717, 1.165) is 13.0 Å². The highest BCUT2D eigenvalue weighted by atomic mass is 19.3. The number of hydrogen-bond donors (Lipinski definition) is 0. The van der Waals surface area contributed by atoms with Crippen LogP contribution in [0.1, 0.15) is 19.3 Å². The molecule has 1 saturated heterocycles. The molecule has 0 amide bonds. The van der Waals surface area contributed by atoms with Crippen LogP contribution in [0.5, 0.6) is 0 Å². The average molecular weight is 147 g/mol. The van der Waals surface area contributed by atoms with E-state index in [1.54, 1.807) is 0 Å². The zero-order valence-electron chi connectivity index (χ0n) is 6.03. The van der Waals surface area contributed by atoms with Crippen LogP contribution in [0.25, 0.3) is 0 Å². The molecule has 0 aromatic heterocycles. The van der Waals surface area contributed by atoms with Crippen molar-refractivity contribution in [2.75, 3.05) is 13.6 Å². The zero-order chi connectivity index (χ0) is 7.41. The first-order valence-corrected chi connectivity index (χ1v) is 3.63. The van der Waals surface area contributed by atoms with Gasteiger partial charge in [-0.3, -0.25) is 0 Å². The Morgan fingerprint density at radius 3 is 2.00 bits per heavy atom. The molecule has 3 heteroatoms. The SMILES string of the molecule is CN1CCC12CC(F)(F)C2. The first-order chi connectivity index (χ1) is 4.54. The van der Waals surface area contributed by atoms with E-state index in [1.165, 1.54) is 0 Å². The van der Waals surface area contributed by atoms with Crippen LogP contribution in [-0.2, 0) is 0 Å². The Morgan fingerprint density at radius 2 is 1.90 bits per heavy atom. The fourth-order valence-electron chi connectivity index (χ4n) is 2.01. The molecular weight excluding hydrogens is 136 g/mol. The first-order valence-electron chi connectivity index (χ1n) is 3.63. The van der Waals surface area contributed by atoms with Crippen molar-refractivity contribution in [3.8, 4) is 0 Å². The predicted molar refractivity (Wildman–Crippen MR) is 34.2 cm³/mol. The maximum absolute atomic E-state index is 12.4. The summed E-state index contributed by atoms with van der Waals surface area (Å²) in [6, 6.07) is 0. The lowest BCUT2D eigenvalue weighted by Gasteiger charge is -2.60. The molecule has 0 bridgehead atoms. The van der Waals surface area contributed by atoms with E-state index in [-0.39, 0.29) is 18.4 Å². The predicted octanol–water partition coefficient (Wildman–Crippen LogP) is 1.49. The molecule has 0 unspecified atom stereocenters. The Hall–Kier alpha value is -0.180. The average Bonchev–Trinajstić information content (AvgIpc) is 1.78. The van der Waals surface area contributed by atoms with Crippen molar-refractivity contribution in [2.24, 2.45) is 0 Å². The summed E-state index contributed by atoms with van der Waals surface area (Å²) in [4.78, 5) is 2.05. The second-order valence-electron chi connectivity index (χ2n) is 3.61.